The number of halogens is 1. The first-order valence-electron chi connectivity index (χ1n) is 5.63. The highest BCUT2D eigenvalue weighted by atomic mass is 79.9. The number of aromatic nitrogens is 2. The summed E-state index contributed by atoms with van der Waals surface area (Å²) >= 11 is 3.21. The van der Waals surface area contributed by atoms with Crippen LogP contribution in [-0.2, 0) is 4.74 Å². The predicted octanol–water partition coefficient (Wildman–Crippen LogP) is 2.52. The molecule has 18 heavy (non-hydrogen) atoms. The van der Waals surface area contributed by atoms with E-state index in [0.717, 1.165) is 6.42 Å². The highest BCUT2D eigenvalue weighted by Crippen LogP contribution is 2.24. The van der Waals surface area contributed by atoms with Crippen LogP contribution in [0.2, 0.25) is 0 Å². The molecule has 98 valence electrons. The van der Waals surface area contributed by atoms with E-state index in [1.54, 1.807) is 12.1 Å². The molecule has 0 aliphatic carbocycles. The third-order valence-electron chi connectivity index (χ3n) is 2.20. The number of ether oxygens (including phenoxy) is 1. The van der Waals surface area contributed by atoms with E-state index in [4.69, 9.17) is 19.4 Å². The molecule has 0 spiro atoms. The molecule has 1 atom stereocenters. The van der Waals surface area contributed by atoms with Crippen molar-refractivity contribution in [1.29, 1.82) is 0 Å². The maximum absolute atomic E-state index is 5.88. The van der Waals surface area contributed by atoms with E-state index in [1.165, 1.54) is 0 Å². The van der Waals surface area contributed by atoms with Gasteiger partial charge in [0.15, 0.2) is 16.3 Å². The Kier molecular flexibility index (Phi) is 4.51. The number of rotatable bonds is 6. The second-order valence-electron chi connectivity index (χ2n) is 3.74. The van der Waals surface area contributed by atoms with Gasteiger partial charge < -0.3 is 19.4 Å². The Morgan fingerprint density at radius 1 is 1.50 bits per heavy atom. The summed E-state index contributed by atoms with van der Waals surface area (Å²) < 4.78 is 16.3. The number of hydrogen-bond acceptors (Lipinski definition) is 6. The van der Waals surface area contributed by atoms with Crippen LogP contribution in [0.4, 0.5) is 0 Å². The first kappa shape index (κ1) is 13.3. The van der Waals surface area contributed by atoms with E-state index in [-0.39, 0.29) is 0 Å². The van der Waals surface area contributed by atoms with Gasteiger partial charge in [-0.3, -0.25) is 0 Å². The van der Waals surface area contributed by atoms with Crippen molar-refractivity contribution in [3.63, 3.8) is 0 Å². The molecular weight excluding hydrogens is 302 g/mol. The van der Waals surface area contributed by atoms with Crippen molar-refractivity contribution in [1.82, 2.24) is 10.1 Å². The molecule has 0 aliphatic heterocycles. The molecule has 6 nitrogen and oxygen atoms in total. The summed E-state index contributed by atoms with van der Waals surface area (Å²) in [4.78, 5) is 4.18. The molecule has 0 saturated carbocycles. The Morgan fingerprint density at radius 3 is 3.00 bits per heavy atom. The van der Waals surface area contributed by atoms with Crippen LogP contribution in [0.1, 0.15) is 25.2 Å². The van der Waals surface area contributed by atoms with Crippen LogP contribution in [0.15, 0.2) is 25.7 Å². The highest BCUT2D eigenvalue weighted by molar-refractivity contribution is 9.10. The smallest absolute Gasteiger partial charge is 0.293 e. The molecule has 2 heterocycles. The molecule has 0 fully saturated rings. The average molecular weight is 316 g/mol. The quantitative estimate of drug-likeness (QED) is 0.824. The van der Waals surface area contributed by atoms with Gasteiger partial charge in [0, 0.05) is 6.61 Å². The van der Waals surface area contributed by atoms with Gasteiger partial charge >= 0.3 is 0 Å². The van der Waals surface area contributed by atoms with Gasteiger partial charge in [0.2, 0.25) is 0 Å². The summed E-state index contributed by atoms with van der Waals surface area (Å²) in [5, 5.41) is 3.81. The zero-order valence-corrected chi connectivity index (χ0v) is 11.5. The normalized spacial score (nSPS) is 12.8. The summed E-state index contributed by atoms with van der Waals surface area (Å²) in [5.41, 5.74) is 5.88. The summed E-state index contributed by atoms with van der Waals surface area (Å²) in [6.45, 7) is 3.07. The van der Waals surface area contributed by atoms with Crippen molar-refractivity contribution < 1.29 is 13.7 Å². The van der Waals surface area contributed by atoms with Gasteiger partial charge in [0.1, 0.15) is 0 Å². The van der Waals surface area contributed by atoms with Crippen LogP contribution in [0.5, 0.6) is 0 Å². The molecule has 1 unspecified atom stereocenters. The van der Waals surface area contributed by atoms with E-state index in [2.05, 4.69) is 26.1 Å². The zero-order valence-electron chi connectivity index (χ0n) is 9.93. The van der Waals surface area contributed by atoms with Crippen LogP contribution >= 0.6 is 15.9 Å². The number of nitrogens with two attached hydrogens (primary N) is 1. The van der Waals surface area contributed by atoms with E-state index >= 15 is 0 Å². The summed E-state index contributed by atoms with van der Waals surface area (Å²) in [5.74, 6) is 1.22. The van der Waals surface area contributed by atoms with Crippen molar-refractivity contribution in [2.24, 2.45) is 5.73 Å². The fraction of sp³-hybridized carbons (Fsp3) is 0.455. The SMILES string of the molecule is CCCOCC(N)c1noc(-c2ccc(Br)o2)n1. The molecule has 2 aromatic heterocycles. The van der Waals surface area contributed by atoms with Crippen LogP contribution in [0, 0.1) is 0 Å². The summed E-state index contributed by atoms with van der Waals surface area (Å²) in [7, 11) is 0. The highest BCUT2D eigenvalue weighted by Gasteiger charge is 2.17. The maximum Gasteiger partial charge on any atom is 0.293 e. The minimum absolute atomic E-state index is 0.307. The van der Waals surface area contributed by atoms with Crippen molar-refractivity contribution in [2.75, 3.05) is 13.2 Å². The number of furan rings is 1. The van der Waals surface area contributed by atoms with Gasteiger partial charge in [-0.05, 0) is 34.5 Å². The van der Waals surface area contributed by atoms with Crippen molar-refractivity contribution in [2.45, 2.75) is 19.4 Å². The topological polar surface area (TPSA) is 87.3 Å². The van der Waals surface area contributed by atoms with Crippen LogP contribution in [-0.4, -0.2) is 23.4 Å². The summed E-state index contributed by atoms with van der Waals surface area (Å²) in [6.07, 6.45) is 0.949. The van der Waals surface area contributed by atoms with Gasteiger partial charge in [-0.25, -0.2) is 0 Å². The number of nitrogens with zero attached hydrogens (tertiary/aromatic N) is 2. The van der Waals surface area contributed by atoms with Gasteiger partial charge in [0.25, 0.3) is 5.89 Å². The number of hydrogen-bond donors (Lipinski definition) is 1. The lowest BCUT2D eigenvalue weighted by Gasteiger charge is -2.06. The third-order valence-corrected chi connectivity index (χ3v) is 2.63. The first-order chi connectivity index (χ1) is 8.70. The van der Waals surface area contributed by atoms with Crippen molar-refractivity contribution in [3.8, 4) is 11.7 Å². The van der Waals surface area contributed by atoms with Gasteiger partial charge in [-0.2, -0.15) is 4.98 Å². The van der Waals surface area contributed by atoms with Crippen LogP contribution < -0.4 is 5.73 Å². The van der Waals surface area contributed by atoms with Gasteiger partial charge in [-0.15, -0.1) is 0 Å². The first-order valence-corrected chi connectivity index (χ1v) is 6.42. The zero-order chi connectivity index (χ0) is 13.0. The second-order valence-corrected chi connectivity index (χ2v) is 4.52. The Morgan fingerprint density at radius 2 is 2.33 bits per heavy atom. The van der Waals surface area contributed by atoms with E-state index in [1.807, 2.05) is 6.92 Å². The molecule has 2 aromatic rings. The largest absolute Gasteiger partial charge is 0.444 e. The molecule has 0 radical (unpaired) electrons. The summed E-state index contributed by atoms with van der Waals surface area (Å²) in [6, 6.07) is 3.09. The minimum atomic E-state index is -0.396. The molecule has 0 aromatic carbocycles. The Balaban J connectivity index is 2.01. The lowest BCUT2D eigenvalue weighted by molar-refractivity contribution is 0.119. The monoisotopic (exact) mass is 315 g/mol. The average Bonchev–Trinajstić information content (AvgIpc) is 2.97. The fourth-order valence-corrected chi connectivity index (χ4v) is 1.65. The molecule has 0 saturated heterocycles. The third kappa shape index (κ3) is 3.18. The van der Waals surface area contributed by atoms with E-state index < -0.39 is 6.04 Å². The van der Waals surface area contributed by atoms with E-state index in [0.29, 0.717) is 35.4 Å². The minimum Gasteiger partial charge on any atom is -0.444 e. The molecule has 0 aliphatic rings. The van der Waals surface area contributed by atoms with Crippen LogP contribution in [0.3, 0.4) is 0 Å². The molecule has 2 N–H and O–H groups in total. The van der Waals surface area contributed by atoms with Crippen LogP contribution in [0.25, 0.3) is 11.7 Å². The Bertz CT molecular complexity index is 497. The Hall–Kier alpha value is -1.18. The lowest BCUT2D eigenvalue weighted by Crippen LogP contribution is -2.18. The predicted molar refractivity (Wildman–Crippen MR) is 67.7 cm³/mol. The molecule has 0 amide bonds. The molecule has 0 bridgehead atoms. The molecule has 2 rings (SSSR count). The standard InChI is InChI=1S/C11H14BrN3O3/c1-2-5-16-6-7(13)10-14-11(18-15-10)8-3-4-9(12)17-8/h3-4,7H,2,5-6,13H2,1H3. The maximum atomic E-state index is 5.88. The van der Waals surface area contributed by atoms with Gasteiger partial charge in [-0.1, -0.05) is 12.1 Å². The molecule has 7 heteroatoms. The molecular formula is C11H14BrN3O3. The van der Waals surface area contributed by atoms with Gasteiger partial charge in [0.05, 0.1) is 12.6 Å². The van der Waals surface area contributed by atoms with Crippen molar-refractivity contribution >= 4 is 15.9 Å². The van der Waals surface area contributed by atoms with E-state index in [9.17, 15) is 0 Å². The lowest BCUT2D eigenvalue weighted by atomic mass is 10.3. The fourth-order valence-electron chi connectivity index (χ4n) is 1.34. The van der Waals surface area contributed by atoms with Crippen molar-refractivity contribution in [3.05, 3.63) is 22.6 Å². The second kappa shape index (κ2) is 6.12. The Labute approximate surface area is 113 Å².